The van der Waals surface area contributed by atoms with Gasteiger partial charge < -0.3 is 4.90 Å². The third-order valence-electron chi connectivity index (χ3n) is 4.32. The Morgan fingerprint density at radius 1 is 1.35 bits per heavy atom. The number of amides is 1. The van der Waals surface area contributed by atoms with Crippen LogP contribution in [0.2, 0.25) is 0 Å². The summed E-state index contributed by atoms with van der Waals surface area (Å²) in [4.78, 5) is 32.0. The summed E-state index contributed by atoms with van der Waals surface area (Å²) in [6, 6.07) is 0.320. The van der Waals surface area contributed by atoms with Crippen molar-refractivity contribution in [3.63, 3.8) is 0 Å². The van der Waals surface area contributed by atoms with Crippen molar-refractivity contribution in [2.75, 3.05) is 5.75 Å². The molecular formula is C17H27N3O2S. The Balaban J connectivity index is 2.33. The number of nitrogens with zero attached hydrogens (tertiary/aromatic N) is 3. The Kier molecular flexibility index (Phi) is 5.55. The second-order valence-corrected chi connectivity index (χ2v) is 7.66. The third-order valence-corrected chi connectivity index (χ3v) is 5.46. The molecule has 0 N–H and O–H groups in total. The van der Waals surface area contributed by atoms with Crippen LogP contribution >= 0.6 is 11.8 Å². The molecule has 2 heterocycles. The molecule has 0 aromatic carbocycles. The van der Waals surface area contributed by atoms with Crippen LogP contribution in [0, 0.1) is 12.8 Å². The molecule has 1 aliphatic rings. The van der Waals surface area contributed by atoms with Gasteiger partial charge in [-0.15, -0.1) is 0 Å². The number of rotatable bonds is 4. The average molecular weight is 337 g/mol. The van der Waals surface area contributed by atoms with Crippen LogP contribution in [0.25, 0.3) is 0 Å². The zero-order valence-corrected chi connectivity index (χ0v) is 15.7. The Morgan fingerprint density at radius 3 is 2.48 bits per heavy atom. The minimum Gasteiger partial charge on any atom is -0.338 e. The van der Waals surface area contributed by atoms with Crippen molar-refractivity contribution in [3.05, 3.63) is 21.6 Å². The van der Waals surface area contributed by atoms with Gasteiger partial charge in [-0.1, -0.05) is 18.7 Å². The summed E-state index contributed by atoms with van der Waals surface area (Å²) in [5.41, 5.74) is 1.58. The van der Waals surface area contributed by atoms with Crippen molar-refractivity contribution < 1.29 is 4.79 Å². The normalized spacial score (nSPS) is 17.5. The second kappa shape index (κ2) is 7.07. The van der Waals surface area contributed by atoms with Gasteiger partial charge in [0.15, 0.2) is 5.16 Å². The molecule has 0 bridgehead atoms. The van der Waals surface area contributed by atoms with Crippen LogP contribution in [0.15, 0.2) is 9.95 Å². The van der Waals surface area contributed by atoms with E-state index in [0.29, 0.717) is 18.7 Å². The van der Waals surface area contributed by atoms with Gasteiger partial charge in [-0.25, -0.2) is 4.98 Å². The van der Waals surface area contributed by atoms with E-state index >= 15 is 0 Å². The molecule has 1 unspecified atom stereocenters. The highest BCUT2D eigenvalue weighted by Gasteiger charge is 2.32. The predicted molar refractivity (Wildman–Crippen MR) is 93.9 cm³/mol. The Bertz CT molecular complexity index is 644. The van der Waals surface area contributed by atoms with Crippen molar-refractivity contribution in [1.82, 2.24) is 14.5 Å². The zero-order valence-electron chi connectivity index (χ0n) is 14.9. The lowest BCUT2D eigenvalue weighted by molar-refractivity contribution is -0.139. The first kappa shape index (κ1) is 18.0. The summed E-state index contributed by atoms with van der Waals surface area (Å²) >= 11 is 1.52. The fraction of sp³-hybridized carbons (Fsp3) is 0.706. The van der Waals surface area contributed by atoms with Gasteiger partial charge in [0.25, 0.3) is 5.56 Å². The first-order chi connectivity index (χ1) is 10.8. The van der Waals surface area contributed by atoms with Gasteiger partial charge in [-0.05, 0) is 41.0 Å². The molecule has 6 heteroatoms. The molecule has 1 amide bonds. The van der Waals surface area contributed by atoms with Crippen molar-refractivity contribution in [3.8, 4) is 0 Å². The second-order valence-electron chi connectivity index (χ2n) is 6.67. The predicted octanol–water partition coefficient (Wildman–Crippen LogP) is 2.48. The van der Waals surface area contributed by atoms with Crippen LogP contribution in [0.1, 0.15) is 45.9 Å². The van der Waals surface area contributed by atoms with Crippen LogP contribution in [-0.4, -0.2) is 38.2 Å². The first-order valence-electron chi connectivity index (χ1n) is 8.33. The van der Waals surface area contributed by atoms with Crippen molar-refractivity contribution in [2.24, 2.45) is 5.92 Å². The number of carbonyl (C=O) groups excluding carboxylic acids is 1. The number of hydrogen-bond acceptors (Lipinski definition) is 4. The summed E-state index contributed by atoms with van der Waals surface area (Å²) in [5, 5.41) is 0.745. The molecule has 1 aromatic heterocycles. The monoisotopic (exact) mass is 337 g/mol. The van der Waals surface area contributed by atoms with Crippen molar-refractivity contribution in [1.29, 1.82) is 0 Å². The number of hydrogen-bond donors (Lipinski definition) is 0. The summed E-state index contributed by atoms with van der Waals surface area (Å²) in [6.45, 7) is 12.4. The van der Waals surface area contributed by atoms with E-state index in [9.17, 15) is 9.59 Å². The molecule has 1 aromatic rings. The molecule has 0 radical (unpaired) electrons. The maximum absolute atomic E-state index is 12.9. The van der Waals surface area contributed by atoms with E-state index in [1.54, 1.807) is 4.57 Å². The highest BCUT2D eigenvalue weighted by Crippen LogP contribution is 2.28. The summed E-state index contributed by atoms with van der Waals surface area (Å²) in [6.07, 6.45) is 0.672. The van der Waals surface area contributed by atoms with E-state index in [2.05, 4.69) is 4.98 Å². The van der Waals surface area contributed by atoms with Gasteiger partial charge in [0.05, 0.1) is 5.92 Å². The maximum Gasteiger partial charge on any atom is 0.257 e. The van der Waals surface area contributed by atoms with Crippen LogP contribution in [0.3, 0.4) is 0 Å². The first-order valence-corrected chi connectivity index (χ1v) is 9.31. The lowest BCUT2D eigenvalue weighted by Gasteiger charge is -2.35. The molecule has 0 aliphatic carbocycles. The van der Waals surface area contributed by atoms with Crippen LogP contribution < -0.4 is 5.56 Å². The molecular weight excluding hydrogens is 310 g/mol. The molecule has 1 atom stereocenters. The standard InChI is InChI=1S/C17H27N3O2S/c1-7-14-12(6)18-17-19(16(14)22)8-13(9-23-17)15(21)20(10(2)3)11(4)5/h10-11,13H,7-9H2,1-6H3. The zero-order chi connectivity index (χ0) is 17.3. The minimum atomic E-state index is -0.163. The van der Waals surface area contributed by atoms with E-state index in [1.807, 2.05) is 46.4 Å². The number of carbonyl (C=O) groups is 1. The molecule has 0 fully saturated rings. The van der Waals surface area contributed by atoms with Gasteiger partial charge in [0.2, 0.25) is 5.91 Å². The Labute approximate surface area is 142 Å². The minimum absolute atomic E-state index is 0.0145. The molecule has 0 saturated carbocycles. The van der Waals surface area contributed by atoms with Gasteiger partial charge in [0, 0.05) is 35.6 Å². The Morgan fingerprint density at radius 2 is 1.96 bits per heavy atom. The molecule has 0 spiro atoms. The lowest BCUT2D eigenvalue weighted by atomic mass is 10.1. The smallest absolute Gasteiger partial charge is 0.257 e. The quantitative estimate of drug-likeness (QED) is 0.792. The van der Waals surface area contributed by atoms with Crippen LogP contribution in [0.5, 0.6) is 0 Å². The molecule has 2 rings (SSSR count). The van der Waals surface area contributed by atoms with Crippen molar-refractivity contribution in [2.45, 2.75) is 71.7 Å². The molecule has 23 heavy (non-hydrogen) atoms. The highest BCUT2D eigenvalue weighted by molar-refractivity contribution is 7.99. The van der Waals surface area contributed by atoms with E-state index in [0.717, 1.165) is 16.4 Å². The van der Waals surface area contributed by atoms with E-state index in [4.69, 9.17) is 0 Å². The highest BCUT2D eigenvalue weighted by atomic mass is 32.2. The number of aromatic nitrogens is 2. The van der Waals surface area contributed by atoms with Gasteiger partial charge in [0.1, 0.15) is 0 Å². The number of thioether (sulfide) groups is 1. The summed E-state index contributed by atoms with van der Waals surface area (Å²) < 4.78 is 1.70. The van der Waals surface area contributed by atoms with Gasteiger partial charge >= 0.3 is 0 Å². The molecule has 128 valence electrons. The van der Waals surface area contributed by atoms with E-state index in [1.165, 1.54) is 11.8 Å². The molecule has 0 saturated heterocycles. The SMILES string of the molecule is CCc1c(C)nc2n(c1=O)CC(C(=O)N(C(C)C)C(C)C)CS2. The maximum atomic E-state index is 12.9. The number of fused-ring (bicyclic) bond motifs is 1. The molecule has 1 aliphatic heterocycles. The Hall–Kier alpha value is -1.30. The molecule has 5 nitrogen and oxygen atoms in total. The van der Waals surface area contributed by atoms with E-state index in [-0.39, 0.29) is 29.5 Å². The largest absolute Gasteiger partial charge is 0.338 e. The third kappa shape index (κ3) is 3.47. The van der Waals surface area contributed by atoms with Crippen LogP contribution in [0.4, 0.5) is 0 Å². The fourth-order valence-corrected chi connectivity index (χ4v) is 4.38. The average Bonchev–Trinajstić information content (AvgIpc) is 2.46. The van der Waals surface area contributed by atoms with Crippen LogP contribution in [-0.2, 0) is 17.8 Å². The van der Waals surface area contributed by atoms with Crippen molar-refractivity contribution >= 4 is 17.7 Å². The summed E-state index contributed by atoms with van der Waals surface area (Å²) in [7, 11) is 0. The van der Waals surface area contributed by atoms with Gasteiger partial charge in [-0.3, -0.25) is 14.2 Å². The fourth-order valence-electron chi connectivity index (χ4n) is 3.27. The topological polar surface area (TPSA) is 55.2 Å². The summed E-state index contributed by atoms with van der Waals surface area (Å²) in [5.74, 6) is 0.662. The van der Waals surface area contributed by atoms with E-state index < -0.39 is 0 Å². The van der Waals surface area contributed by atoms with Gasteiger partial charge in [-0.2, -0.15) is 0 Å². The lowest BCUT2D eigenvalue weighted by Crippen LogP contribution is -2.48. The number of aryl methyl sites for hydroxylation is 1.